The van der Waals surface area contributed by atoms with Crippen LogP contribution in [0.4, 0.5) is 0 Å². The Kier molecular flexibility index (Phi) is 10.4. The minimum absolute atomic E-state index is 0.0440. The molecule has 2 fully saturated rings. The molecule has 1 N–H and O–H groups in total. The number of rotatable bonds is 10. The normalized spacial score (nSPS) is 17.9. The monoisotopic (exact) mass is 532 g/mol. The van der Waals surface area contributed by atoms with E-state index in [4.69, 9.17) is 11.6 Å². The predicted molar refractivity (Wildman–Crippen MR) is 148 cm³/mol. The second kappa shape index (κ2) is 13.1. The molecule has 1 saturated carbocycles. The van der Waals surface area contributed by atoms with Crippen molar-refractivity contribution in [2.45, 2.75) is 90.3 Å². The molecule has 37 heavy (non-hydrogen) atoms. The fourth-order valence-electron chi connectivity index (χ4n) is 5.29. The number of nitrogens with one attached hydrogen (secondary N) is 1. The molecule has 1 aromatic carbocycles. The molecule has 0 aromatic heterocycles. The SMILES string of the molecule is CN(C)CCC(=O)N[C@H](Cc1ccc(Cl)cc1)C(=O)N1CC(N(C(=O)CC(C)(C)C)C2CCCCC2)C1. The molecule has 3 rings (SSSR count). The molecule has 2 aliphatic rings. The highest BCUT2D eigenvalue weighted by Gasteiger charge is 2.42. The number of halogens is 1. The molecule has 1 atom stereocenters. The van der Waals surface area contributed by atoms with E-state index < -0.39 is 6.04 Å². The molecule has 1 aliphatic heterocycles. The molecule has 0 radical (unpaired) electrons. The summed E-state index contributed by atoms with van der Waals surface area (Å²) in [5, 5.41) is 3.61. The summed E-state index contributed by atoms with van der Waals surface area (Å²) >= 11 is 6.04. The average molecular weight is 533 g/mol. The Balaban J connectivity index is 1.69. The summed E-state index contributed by atoms with van der Waals surface area (Å²) in [4.78, 5) is 45.5. The third-order valence-electron chi connectivity index (χ3n) is 7.28. The zero-order valence-corrected chi connectivity index (χ0v) is 24.0. The lowest BCUT2D eigenvalue weighted by molar-refractivity contribution is -0.153. The van der Waals surface area contributed by atoms with E-state index in [-0.39, 0.29) is 35.2 Å². The largest absolute Gasteiger partial charge is 0.344 e. The van der Waals surface area contributed by atoms with Crippen molar-refractivity contribution in [3.63, 3.8) is 0 Å². The van der Waals surface area contributed by atoms with E-state index in [0.717, 1.165) is 31.2 Å². The molecular weight excluding hydrogens is 488 g/mol. The zero-order valence-electron chi connectivity index (χ0n) is 23.3. The van der Waals surface area contributed by atoms with E-state index >= 15 is 0 Å². The van der Waals surface area contributed by atoms with Crippen molar-refractivity contribution in [1.82, 2.24) is 20.0 Å². The Morgan fingerprint density at radius 2 is 1.65 bits per heavy atom. The second-order valence-corrected chi connectivity index (χ2v) is 12.7. The first-order valence-corrected chi connectivity index (χ1v) is 14.1. The van der Waals surface area contributed by atoms with Gasteiger partial charge in [-0.25, -0.2) is 0 Å². The Morgan fingerprint density at radius 3 is 2.22 bits per heavy atom. The third kappa shape index (κ3) is 8.99. The number of nitrogens with zero attached hydrogens (tertiary/aromatic N) is 3. The molecule has 8 heteroatoms. The topological polar surface area (TPSA) is 73.0 Å². The maximum atomic E-state index is 13.6. The van der Waals surface area contributed by atoms with Crippen molar-refractivity contribution in [2.75, 3.05) is 33.7 Å². The van der Waals surface area contributed by atoms with Gasteiger partial charge in [0.15, 0.2) is 0 Å². The van der Waals surface area contributed by atoms with Crippen LogP contribution in [0.2, 0.25) is 5.02 Å². The molecule has 1 heterocycles. The number of likely N-dealkylation sites (tertiary alicyclic amines) is 1. The Morgan fingerprint density at radius 1 is 1.03 bits per heavy atom. The van der Waals surface area contributed by atoms with Crippen LogP contribution in [0.5, 0.6) is 0 Å². The Bertz CT molecular complexity index is 916. The van der Waals surface area contributed by atoms with Crippen LogP contribution in [0.3, 0.4) is 0 Å². The molecule has 0 unspecified atom stereocenters. The van der Waals surface area contributed by atoms with Crippen LogP contribution in [0.15, 0.2) is 24.3 Å². The molecule has 7 nitrogen and oxygen atoms in total. The van der Waals surface area contributed by atoms with Gasteiger partial charge in [-0.15, -0.1) is 0 Å². The van der Waals surface area contributed by atoms with Crippen LogP contribution in [-0.2, 0) is 20.8 Å². The van der Waals surface area contributed by atoms with Gasteiger partial charge in [0, 0.05) is 50.0 Å². The van der Waals surface area contributed by atoms with Crippen molar-refractivity contribution in [3.05, 3.63) is 34.9 Å². The van der Waals surface area contributed by atoms with Gasteiger partial charge < -0.3 is 20.0 Å². The van der Waals surface area contributed by atoms with Crippen LogP contribution < -0.4 is 5.32 Å². The quantitative estimate of drug-likeness (QED) is 0.492. The summed E-state index contributed by atoms with van der Waals surface area (Å²) in [5.74, 6) is -0.0234. The molecule has 3 amide bonds. The lowest BCUT2D eigenvalue weighted by Gasteiger charge is -2.50. The summed E-state index contributed by atoms with van der Waals surface area (Å²) in [6.07, 6.45) is 6.87. The Labute approximate surface area is 227 Å². The van der Waals surface area contributed by atoms with E-state index in [9.17, 15) is 14.4 Å². The van der Waals surface area contributed by atoms with Crippen LogP contribution in [0.1, 0.15) is 71.3 Å². The molecule has 0 spiro atoms. The number of amides is 3. The van der Waals surface area contributed by atoms with Gasteiger partial charge in [0.1, 0.15) is 6.04 Å². The summed E-state index contributed by atoms with van der Waals surface area (Å²) in [7, 11) is 3.84. The van der Waals surface area contributed by atoms with E-state index in [1.54, 1.807) is 17.0 Å². The first-order valence-electron chi connectivity index (χ1n) is 13.7. The minimum Gasteiger partial charge on any atom is -0.344 e. The maximum Gasteiger partial charge on any atom is 0.245 e. The number of hydrogen-bond acceptors (Lipinski definition) is 4. The van der Waals surface area contributed by atoms with Gasteiger partial charge in [-0.05, 0) is 50.0 Å². The fraction of sp³-hybridized carbons (Fsp3) is 0.690. The van der Waals surface area contributed by atoms with Crippen molar-refractivity contribution in [1.29, 1.82) is 0 Å². The summed E-state index contributed by atoms with van der Waals surface area (Å²) in [6.45, 7) is 7.96. The van der Waals surface area contributed by atoms with Crippen molar-refractivity contribution < 1.29 is 14.4 Å². The standard InChI is InChI=1S/C29H45ClN4O3/c1-29(2,3)18-27(36)34(23-9-7-6-8-10-23)24-19-33(20-24)28(37)25(31-26(35)15-16-32(4)5)17-21-11-13-22(30)14-12-21/h11-14,23-25H,6-10,15-20H2,1-5H3,(H,31,35)/t25-/m1/s1. The van der Waals surface area contributed by atoms with E-state index in [1.165, 1.54) is 6.42 Å². The van der Waals surface area contributed by atoms with Crippen LogP contribution in [0, 0.1) is 5.41 Å². The summed E-state index contributed by atoms with van der Waals surface area (Å²) in [6, 6.07) is 7.05. The average Bonchev–Trinajstić information content (AvgIpc) is 2.79. The predicted octanol–water partition coefficient (Wildman–Crippen LogP) is 4.13. The van der Waals surface area contributed by atoms with Gasteiger partial charge in [-0.3, -0.25) is 14.4 Å². The fourth-order valence-corrected chi connectivity index (χ4v) is 5.42. The number of carbonyl (C=O) groups excluding carboxylic acids is 3. The third-order valence-corrected chi connectivity index (χ3v) is 7.53. The van der Waals surface area contributed by atoms with Crippen LogP contribution in [-0.4, -0.2) is 84.3 Å². The second-order valence-electron chi connectivity index (χ2n) is 12.2. The molecule has 1 aromatic rings. The van der Waals surface area contributed by atoms with E-state index in [1.807, 2.05) is 31.1 Å². The summed E-state index contributed by atoms with van der Waals surface area (Å²) in [5.41, 5.74) is 0.862. The number of benzene rings is 1. The lowest BCUT2D eigenvalue weighted by Crippen LogP contribution is -2.67. The molecule has 0 bridgehead atoms. The van der Waals surface area contributed by atoms with Crippen molar-refractivity contribution in [2.24, 2.45) is 5.41 Å². The Hall–Kier alpha value is -2.12. The van der Waals surface area contributed by atoms with Gasteiger partial charge >= 0.3 is 0 Å². The van der Waals surface area contributed by atoms with Crippen molar-refractivity contribution >= 4 is 29.3 Å². The van der Waals surface area contributed by atoms with Crippen LogP contribution in [0.25, 0.3) is 0 Å². The smallest absolute Gasteiger partial charge is 0.245 e. The van der Waals surface area contributed by atoms with Crippen molar-refractivity contribution in [3.8, 4) is 0 Å². The summed E-state index contributed by atoms with van der Waals surface area (Å²) < 4.78 is 0. The van der Waals surface area contributed by atoms with Gasteiger partial charge in [-0.2, -0.15) is 0 Å². The number of carbonyl (C=O) groups is 3. The highest BCUT2D eigenvalue weighted by molar-refractivity contribution is 6.30. The van der Waals surface area contributed by atoms with Crippen LogP contribution >= 0.6 is 11.6 Å². The molecular formula is C29H45ClN4O3. The first kappa shape index (κ1) is 29.4. The molecule has 206 valence electrons. The highest BCUT2D eigenvalue weighted by Crippen LogP contribution is 2.31. The lowest BCUT2D eigenvalue weighted by atomic mass is 9.87. The number of hydrogen-bond donors (Lipinski definition) is 1. The highest BCUT2D eigenvalue weighted by atomic mass is 35.5. The maximum absolute atomic E-state index is 13.6. The van der Waals surface area contributed by atoms with Gasteiger partial charge in [0.25, 0.3) is 0 Å². The first-order chi connectivity index (χ1) is 17.4. The molecule has 1 saturated heterocycles. The zero-order chi connectivity index (χ0) is 27.2. The van der Waals surface area contributed by atoms with Gasteiger partial charge in [-0.1, -0.05) is 63.8 Å². The van der Waals surface area contributed by atoms with E-state index in [0.29, 0.717) is 43.9 Å². The minimum atomic E-state index is -0.648. The molecule has 1 aliphatic carbocycles. The van der Waals surface area contributed by atoms with Gasteiger partial charge in [0.2, 0.25) is 17.7 Å². The van der Waals surface area contributed by atoms with E-state index in [2.05, 4.69) is 31.0 Å². The van der Waals surface area contributed by atoms with Gasteiger partial charge in [0.05, 0.1) is 6.04 Å².